The maximum Gasteiger partial charge on any atom is 0.242 e. The van der Waals surface area contributed by atoms with Gasteiger partial charge in [-0.3, -0.25) is 9.59 Å². The average molecular weight is 435 g/mol. The Morgan fingerprint density at radius 1 is 1.31 bits per heavy atom. The van der Waals surface area contributed by atoms with E-state index >= 15 is 0 Å². The molecule has 1 atom stereocenters. The van der Waals surface area contributed by atoms with E-state index in [1.165, 1.54) is 18.3 Å². The molecule has 9 heteroatoms. The number of piperazine rings is 1. The maximum atomic E-state index is 12.7. The molecule has 1 saturated heterocycles. The van der Waals surface area contributed by atoms with Crippen LogP contribution in [-0.4, -0.2) is 47.2 Å². The number of carbonyl (C=O) groups excluding carboxylic acids is 2. The van der Waals surface area contributed by atoms with E-state index in [-0.39, 0.29) is 28.7 Å². The highest BCUT2D eigenvalue weighted by molar-refractivity contribution is 6.36. The Bertz CT molecular complexity index is 921. The fourth-order valence-electron chi connectivity index (χ4n) is 3.00. The first kappa shape index (κ1) is 21.1. The van der Waals surface area contributed by atoms with Crippen molar-refractivity contribution in [3.05, 3.63) is 63.6 Å². The van der Waals surface area contributed by atoms with Crippen LogP contribution in [0.4, 0.5) is 0 Å². The number of carbonyl (C=O) groups is 2. The molecule has 0 spiro atoms. The quantitative estimate of drug-likeness (QED) is 0.480. The lowest BCUT2D eigenvalue weighted by Crippen LogP contribution is -2.55. The molecule has 2 amide bonds. The van der Waals surface area contributed by atoms with Gasteiger partial charge in [0.25, 0.3) is 0 Å². The van der Waals surface area contributed by atoms with Gasteiger partial charge in [0.2, 0.25) is 11.8 Å². The van der Waals surface area contributed by atoms with Gasteiger partial charge in [-0.1, -0.05) is 53.5 Å². The predicted octanol–water partition coefficient (Wildman–Crippen LogP) is 2.54. The van der Waals surface area contributed by atoms with Crippen LogP contribution < -0.4 is 10.7 Å². The first-order valence-corrected chi connectivity index (χ1v) is 9.75. The number of hydrazone groups is 1. The number of nitrogens with zero attached hydrogens (tertiary/aromatic N) is 2. The summed E-state index contributed by atoms with van der Waals surface area (Å²) in [6, 6.07) is 11.9. The highest BCUT2D eigenvalue weighted by Gasteiger charge is 2.30. The second kappa shape index (κ2) is 9.73. The van der Waals surface area contributed by atoms with Crippen molar-refractivity contribution >= 4 is 41.2 Å². The van der Waals surface area contributed by atoms with Gasteiger partial charge in [-0.25, -0.2) is 5.43 Å². The van der Waals surface area contributed by atoms with Crippen molar-refractivity contribution in [3.63, 3.8) is 0 Å². The molecule has 1 heterocycles. The Balaban J connectivity index is 1.55. The fourth-order valence-corrected chi connectivity index (χ4v) is 3.51. The molecular formula is C20H20Cl2N4O3. The van der Waals surface area contributed by atoms with Crippen molar-refractivity contribution in [1.82, 2.24) is 15.6 Å². The van der Waals surface area contributed by atoms with E-state index < -0.39 is 11.9 Å². The van der Waals surface area contributed by atoms with E-state index in [9.17, 15) is 14.7 Å². The molecule has 7 nitrogen and oxygen atoms in total. The predicted molar refractivity (Wildman–Crippen MR) is 112 cm³/mol. The minimum absolute atomic E-state index is 0.0518. The lowest BCUT2D eigenvalue weighted by molar-refractivity contribution is -0.138. The average Bonchev–Trinajstić information content (AvgIpc) is 2.69. The van der Waals surface area contributed by atoms with Crippen molar-refractivity contribution in [2.24, 2.45) is 5.10 Å². The molecule has 1 aliphatic heterocycles. The number of hydrogen-bond donors (Lipinski definition) is 3. The van der Waals surface area contributed by atoms with Crippen molar-refractivity contribution < 1.29 is 14.7 Å². The summed E-state index contributed by atoms with van der Waals surface area (Å²) >= 11 is 11.7. The van der Waals surface area contributed by atoms with E-state index in [1.807, 2.05) is 30.3 Å². The van der Waals surface area contributed by atoms with Gasteiger partial charge in [0.05, 0.1) is 23.7 Å². The molecule has 152 valence electrons. The van der Waals surface area contributed by atoms with Crippen LogP contribution in [-0.2, 0) is 16.1 Å². The van der Waals surface area contributed by atoms with Crippen LogP contribution in [0.25, 0.3) is 0 Å². The molecule has 2 aromatic carbocycles. The molecule has 0 bridgehead atoms. The standard InChI is InChI=1S/C20H20Cl2N4O3/c21-15-8-14(19(28)16(22)9-15)11-24-25-18(27)10-17-20(29)26(7-6-23-17)12-13-4-2-1-3-5-13/h1-5,8-9,11,17,23,28H,6-7,10,12H2,(H,25,27)/b24-11-. The third kappa shape index (κ3) is 5.69. The normalized spacial score (nSPS) is 17.0. The van der Waals surface area contributed by atoms with Crippen LogP contribution in [0.2, 0.25) is 10.0 Å². The SMILES string of the molecule is O=C(CC1NCCN(Cc2ccccc2)C1=O)N/N=C\c1cc(Cl)cc(Cl)c1O. The Morgan fingerprint density at radius 2 is 2.07 bits per heavy atom. The van der Waals surface area contributed by atoms with Crippen LogP contribution in [0.15, 0.2) is 47.6 Å². The highest BCUT2D eigenvalue weighted by atomic mass is 35.5. The monoisotopic (exact) mass is 434 g/mol. The van der Waals surface area contributed by atoms with Gasteiger partial charge in [0.1, 0.15) is 5.75 Å². The summed E-state index contributed by atoms with van der Waals surface area (Å²) in [6.07, 6.45) is 1.19. The van der Waals surface area contributed by atoms with Gasteiger partial charge in [0, 0.05) is 30.2 Å². The molecule has 1 fully saturated rings. The second-order valence-electron chi connectivity index (χ2n) is 6.57. The summed E-state index contributed by atoms with van der Waals surface area (Å²) in [4.78, 5) is 26.6. The van der Waals surface area contributed by atoms with Crippen molar-refractivity contribution in [3.8, 4) is 5.75 Å². The fraction of sp³-hybridized carbons (Fsp3) is 0.250. The number of rotatable bonds is 6. The topological polar surface area (TPSA) is 94.0 Å². The van der Waals surface area contributed by atoms with Gasteiger partial charge in [0.15, 0.2) is 0 Å². The van der Waals surface area contributed by atoms with E-state index in [2.05, 4.69) is 15.8 Å². The van der Waals surface area contributed by atoms with Crippen molar-refractivity contribution in [1.29, 1.82) is 0 Å². The van der Waals surface area contributed by atoms with Crippen molar-refractivity contribution in [2.75, 3.05) is 13.1 Å². The summed E-state index contributed by atoms with van der Waals surface area (Å²) in [5.41, 5.74) is 3.66. The third-order valence-corrected chi connectivity index (χ3v) is 4.94. The van der Waals surface area contributed by atoms with Gasteiger partial charge in [-0.2, -0.15) is 5.10 Å². The second-order valence-corrected chi connectivity index (χ2v) is 7.42. The van der Waals surface area contributed by atoms with E-state index in [4.69, 9.17) is 23.2 Å². The van der Waals surface area contributed by atoms with Crippen LogP contribution >= 0.6 is 23.2 Å². The number of phenols is 1. The molecule has 3 N–H and O–H groups in total. The number of benzene rings is 2. The molecule has 0 aromatic heterocycles. The number of hydrogen-bond acceptors (Lipinski definition) is 5. The minimum atomic E-state index is -0.614. The molecule has 0 aliphatic carbocycles. The number of nitrogens with one attached hydrogen (secondary N) is 2. The molecule has 1 aliphatic rings. The van der Waals surface area contributed by atoms with E-state index in [0.717, 1.165) is 5.56 Å². The van der Waals surface area contributed by atoms with Crippen LogP contribution in [0.3, 0.4) is 0 Å². The zero-order valence-electron chi connectivity index (χ0n) is 15.4. The van der Waals surface area contributed by atoms with E-state index in [1.54, 1.807) is 4.90 Å². The van der Waals surface area contributed by atoms with Gasteiger partial charge < -0.3 is 15.3 Å². The first-order valence-electron chi connectivity index (χ1n) is 9.00. The Hall–Kier alpha value is -2.61. The minimum Gasteiger partial charge on any atom is -0.506 e. The summed E-state index contributed by atoms with van der Waals surface area (Å²) < 4.78 is 0. The molecule has 0 radical (unpaired) electrons. The van der Waals surface area contributed by atoms with Crippen LogP contribution in [0.5, 0.6) is 5.75 Å². The number of phenolic OH excluding ortho intramolecular Hbond substituents is 1. The summed E-state index contributed by atoms with van der Waals surface area (Å²) in [5.74, 6) is -0.741. The Morgan fingerprint density at radius 3 is 2.83 bits per heavy atom. The third-order valence-electron chi connectivity index (χ3n) is 4.44. The number of aromatic hydroxyl groups is 1. The van der Waals surface area contributed by atoms with E-state index in [0.29, 0.717) is 24.7 Å². The Labute approximate surface area is 178 Å². The van der Waals surface area contributed by atoms with Gasteiger partial charge >= 0.3 is 0 Å². The molecule has 2 aromatic rings. The zero-order chi connectivity index (χ0) is 20.8. The number of amides is 2. The first-order chi connectivity index (χ1) is 13.9. The molecule has 0 saturated carbocycles. The molecule has 3 rings (SSSR count). The lowest BCUT2D eigenvalue weighted by atomic mass is 10.1. The Kier molecular flexibility index (Phi) is 7.09. The van der Waals surface area contributed by atoms with Gasteiger partial charge in [-0.05, 0) is 17.7 Å². The maximum absolute atomic E-state index is 12.7. The molecule has 29 heavy (non-hydrogen) atoms. The molecular weight excluding hydrogens is 415 g/mol. The number of halogens is 2. The van der Waals surface area contributed by atoms with Crippen LogP contribution in [0, 0.1) is 0 Å². The van der Waals surface area contributed by atoms with Crippen molar-refractivity contribution in [2.45, 2.75) is 19.0 Å². The summed E-state index contributed by atoms with van der Waals surface area (Å²) in [6.45, 7) is 1.69. The van der Waals surface area contributed by atoms with Crippen LogP contribution in [0.1, 0.15) is 17.5 Å². The smallest absolute Gasteiger partial charge is 0.242 e. The zero-order valence-corrected chi connectivity index (χ0v) is 17.0. The van der Waals surface area contributed by atoms with Gasteiger partial charge in [-0.15, -0.1) is 0 Å². The largest absolute Gasteiger partial charge is 0.506 e. The highest BCUT2D eigenvalue weighted by Crippen LogP contribution is 2.29. The summed E-state index contributed by atoms with van der Waals surface area (Å²) in [5, 5.41) is 17.2. The summed E-state index contributed by atoms with van der Waals surface area (Å²) in [7, 11) is 0. The lowest BCUT2D eigenvalue weighted by Gasteiger charge is -2.33. The molecule has 1 unspecified atom stereocenters.